The summed E-state index contributed by atoms with van der Waals surface area (Å²) < 4.78 is 3.74. The maximum atomic E-state index is 2.51. The minimum Gasteiger partial charge on any atom is -0.147 e. The van der Waals surface area contributed by atoms with Gasteiger partial charge in [-0.25, -0.2) is 0 Å². The number of halogens is 2. The van der Waals surface area contributed by atoms with Crippen molar-refractivity contribution in [2.45, 2.75) is 47.6 Å². The molecule has 0 aromatic heterocycles. The standard InChI is InChI=1S/2C8H11.C7H8Si.2ClH.Ti/c2*1-6-4-7(2)8(3)5-6;8-6-7-4-2-1-3-5-7;;;/h4,8H,1-3H3;4,6H,1-3H3;1-5,8H,6H2;2*1H;. The molecule has 2 aliphatic carbocycles. The Kier molecular flexibility index (Phi) is 9.58. The quantitative estimate of drug-likeness (QED) is 0.441. The molecule has 2 atom stereocenters. The molecule has 0 bridgehead atoms. The van der Waals surface area contributed by atoms with Crippen molar-refractivity contribution < 1.29 is 16.6 Å². The van der Waals surface area contributed by atoms with Crippen LogP contribution in [-0.4, -0.2) is 6.91 Å². The predicted molar refractivity (Wildman–Crippen MR) is 123 cm³/mol. The molecule has 0 saturated heterocycles. The van der Waals surface area contributed by atoms with E-state index in [1.54, 1.807) is 16.7 Å². The van der Waals surface area contributed by atoms with Crippen molar-refractivity contribution >= 4 is 31.7 Å². The third kappa shape index (κ3) is 5.19. The van der Waals surface area contributed by atoms with E-state index in [0.29, 0.717) is 18.7 Å². The molecule has 0 fully saturated rings. The number of benzene rings is 1. The van der Waals surface area contributed by atoms with Gasteiger partial charge in [0.2, 0.25) is 0 Å². The zero-order valence-electron chi connectivity index (χ0n) is 17.3. The van der Waals surface area contributed by atoms with Crippen LogP contribution in [0.1, 0.15) is 47.1 Å². The summed E-state index contributed by atoms with van der Waals surface area (Å²) in [5.74, 6) is 1.33. The Morgan fingerprint density at radius 3 is 2.04 bits per heavy atom. The Bertz CT molecular complexity index is 844. The van der Waals surface area contributed by atoms with E-state index in [0.717, 1.165) is 0 Å². The Balaban J connectivity index is 0.00000182. The van der Waals surface area contributed by atoms with Gasteiger partial charge in [-0.1, -0.05) is 0 Å². The summed E-state index contributed by atoms with van der Waals surface area (Å²) in [6, 6.07) is 12.5. The summed E-state index contributed by atoms with van der Waals surface area (Å²) in [6.07, 6.45) is 4.97. The molecule has 0 saturated carbocycles. The molecule has 2 unspecified atom stereocenters. The normalized spacial score (nSPS) is 22.4. The molecule has 0 amide bonds. The molecule has 0 nitrogen and oxygen atoms in total. The van der Waals surface area contributed by atoms with Crippen LogP contribution in [0.3, 0.4) is 0 Å². The molecule has 1 aromatic carbocycles. The first-order valence-electron chi connectivity index (χ1n) is 9.43. The van der Waals surface area contributed by atoms with E-state index in [9.17, 15) is 0 Å². The van der Waals surface area contributed by atoms with Crippen LogP contribution in [-0.2, 0) is 22.7 Å². The van der Waals surface area contributed by atoms with E-state index in [4.69, 9.17) is 0 Å². The Labute approximate surface area is 185 Å². The SMILES string of the molecule is CC1=CC(C)[C](/[Ti](=[SiH]/Cc2ccccc2)[C]2=C(C)C=C(C)C2C)=C1C.Cl.Cl. The number of hydrogen-bond donors (Lipinski definition) is 0. The van der Waals surface area contributed by atoms with E-state index in [1.165, 1.54) is 17.2 Å². The molecule has 1 aromatic rings. The van der Waals surface area contributed by atoms with Crippen molar-refractivity contribution in [1.29, 1.82) is 0 Å². The second kappa shape index (κ2) is 10.5. The smallest absolute Gasteiger partial charge is 0.147 e. The Morgan fingerprint density at radius 2 is 1.56 bits per heavy atom. The van der Waals surface area contributed by atoms with E-state index in [-0.39, 0.29) is 24.8 Å². The summed E-state index contributed by atoms with van der Waals surface area (Å²) in [6.45, 7) is 14.7. The van der Waals surface area contributed by atoms with Crippen LogP contribution in [0.15, 0.2) is 72.5 Å². The molecule has 4 heteroatoms. The van der Waals surface area contributed by atoms with Crippen LogP contribution in [0.5, 0.6) is 0 Å². The van der Waals surface area contributed by atoms with Crippen LogP contribution in [0, 0.1) is 11.8 Å². The summed E-state index contributed by atoms with van der Waals surface area (Å²) in [5.41, 5.74) is 7.85. The Hall–Kier alpha value is -0.309. The maximum absolute atomic E-state index is 2.51. The van der Waals surface area contributed by atoms with E-state index >= 15 is 0 Å². The molecule has 27 heavy (non-hydrogen) atoms. The number of hydrogen-bond acceptors (Lipinski definition) is 0. The number of rotatable bonds is 4. The topological polar surface area (TPSA) is 0 Å². The van der Waals surface area contributed by atoms with Gasteiger partial charge in [0.15, 0.2) is 0 Å². The van der Waals surface area contributed by atoms with E-state index in [2.05, 4.69) is 84.0 Å². The van der Waals surface area contributed by atoms with Crippen molar-refractivity contribution in [3.8, 4) is 0 Å². The van der Waals surface area contributed by atoms with Gasteiger partial charge in [0.1, 0.15) is 0 Å². The molecule has 0 radical (unpaired) electrons. The van der Waals surface area contributed by atoms with Gasteiger partial charge in [0.05, 0.1) is 0 Å². The molecule has 146 valence electrons. The fraction of sp³-hybridized carbons (Fsp3) is 0.391. The molecular formula is C23H32Cl2SiTi. The van der Waals surface area contributed by atoms with Gasteiger partial charge < -0.3 is 0 Å². The largest absolute Gasteiger partial charge is 0.147 e. The van der Waals surface area contributed by atoms with Gasteiger partial charge in [-0.2, -0.15) is 0 Å². The van der Waals surface area contributed by atoms with Crippen LogP contribution in [0.25, 0.3) is 0 Å². The van der Waals surface area contributed by atoms with Gasteiger partial charge in [-0.05, 0) is 0 Å². The van der Waals surface area contributed by atoms with Crippen molar-refractivity contribution in [2.24, 2.45) is 11.8 Å². The molecule has 0 spiro atoms. The monoisotopic (exact) mass is 454 g/mol. The first-order chi connectivity index (χ1) is 11.9. The summed E-state index contributed by atoms with van der Waals surface area (Å²) in [4.78, 5) is 0. The molecule has 3 rings (SSSR count). The van der Waals surface area contributed by atoms with Crippen molar-refractivity contribution in [1.82, 2.24) is 0 Å². The predicted octanol–water partition coefficient (Wildman–Crippen LogP) is 6.74. The Morgan fingerprint density at radius 1 is 0.926 bits per heavy atom. The molecular weight excluding hydrogens is 423 g/mol. The second-order valence-corrected chi connectivity index (χ2v) is 15.8. The van der Waals surface area contributed by atoms with Crippen molar-refractivity contribution in [3.05, 3.63) is 78.1 Å². The number of allylic oxidation sites excluding steroid dienone is 8. The van der Waals surface area contributed by atoms with Gasteiger partial charge in [0.25, 0.3) is 0 Å². The zero-order chi connectivity index (χ0) is 18.1. The van der Waals surface area contributed by atoms with Crippen molar-refractivity contribution in [2.75, 3.05) is 0 Å². The molecule has 2 aliphatic rings. The molecule has 0 aliphatic heterocycles. The third-order valence-corrected chi connectivity index (χ3v) is 16.8. The minimum absolute atomic E-state index is 0. The molecule has 0 N–H and O–H groups in total. The fourth-order valence-electron chi connectivity index (χ4n) is 4.34. The minimum atomic E-state index is -1.42. The molecule has 0 heterocycles. The summed E-state index contributed by atoms with van der Waals surface area (Å²) >= 11 is -1.42. The van der Waals surface area contributed by atoms with Gasteiger partial charge >= 0.3 is 161 Å². The van der Waals surface area contributed by atoms with E-state index < -0.39 is 16.6 Å². The average molecular weight is 455 g/mol. The summed E-state index contributed by atoms with van der Waals surface area (Å²) in [7, 11) is 0. The fourth-order valence-corrected chi connectivity index (χ4v) is 17.7. The van der Waals surface area contributed by atoms with Crippen LogP contribution in [0.4, 0.5) is 0 Å². The average Bonchev–Trinajstić information content (AvgIpc) is 2.98. The van der Waals surface area contributed by atoms with Gasteiger partial charge in [-0.3, -0.25) is 0 Å². The zero-order valence-corrected chi connectivity index (χ0v) is 21.6. The summed E-state index contributed by atoms with van der Waals surface area (Å²) in [5, 5.41) is 0. The third-order valence-electron chi connectivity index (χ3n) is 5.90. The van der Waals surface area contributed by atoms with Crippen LogP contribution in [0.2, 0.25) is 0 Å². The first kappa shape index (κ1) is 24.7. The van der Waals surface area contributed by atoms with Gasteiger partial charge in [0, 0.05) is 0 Å². The van der Waals surface area contributed by atoms with Crippen LogP contribution >= 0.6 is 24.8 Å². The van der Waals surface area contributed by atoms with Crippen molar-refractivity contribution in [3.63, 3.8) is 0 Å². The van der Waals surface area contributed by atoms with E-state index in [1.807, 2.05) is 7.76 Å². The maximum Gasteiger partial charge on any atom is -0.147 e. The second-order valence-electron chi connectivity index (χ2n) is 7.69. The first-order valence-corrected chi connectivity index (χ1v) is 15.1. The van der Waals surface area contributed by atoms with Gasteiger partial charge in [-0.15, -0.1) is 24.8 Å². The van der Waals surface area contributed by atoms with Crippen LogP contribution < -0.4 is 0 Å².